The molecular weight excluding hydrogens is 357 g/mol. The predicted octanol–water partition coefficient (Wildman–Crippen LogP) is -2.58. The SMILES string of the molecule is CCn1c(C(=O)[O-])cc2c3c(ncn3C)c(/N=C(N)\C=C(\C)NC)nc21.[Na+]. The molecule has 0 aliphatic heterocycles. The van der Waals surface area contributed by atoms with Crippen molar-refractivity contribution < 1.29 is 39.5 Å². The minimum absolute atomic E-state index is 0. The maximum atomic E-state index is 11.5. The average molecular weight is 377 g/mol. The van der Waals surface area contributed by atoms with Gasteiger partial charge in [0.1, 0.15) is 17.0 Å². The second-order valence-corrected chi connectivity index (χ2v) is 5.90. The van der Waals surface area contributed by atoms with Gasteiger partial charge in [0.05, 0.1) is 23.5 Å². The first-order valence-corrected chi connectivity index (χ1v) is 8.13. The molecule has 0 saturated carbocycles. The summed E-state index contributed by atoms with van der Waals surface area (Å²) < 4.78 is 3.39. The van der Waals surface area contributed by atoms with E-state index in [0.717, 1.165) is 11.2 Å². The van der Waals surface area contributed by atoms with Crippen LogP contribution in [0.1, 0.15) is 24.3 Å². The van der Waals surface area contributed by atoms with E-state index in [-0.39, 0.29) is 41.1 Å². The molecule has 136 valence electrons. The summed E-state index contributed by atoms with van der Waals surface area (Å²) in [6.07, 6.45) is 3.32. The molecular formula is C17H20N7NaO2. The van der Waals surface area contributed by atoms with Crippen molar-refractivity contribution in [2.75, 3.05) is 7.05 Å². The molecule has 0 aliphatic carbocycles. The van der Waals surface area contributed by atoms with Crippen molar-refractivity contribution in [3.05, 3.63) is 29.9 Å². The third kappa shape index (κ3) is 3.71. The number of carbonyl (C=O) groups is 1. The van der Waals surface area contributed by atoms with Gasteiger partial charge in [0, 0.05) is 31.7 Å². The molecule has 0 fully saturated rings. The van der Waals surface area contributed by atoms with E-state index in [1.807, 2.05) is 25.5 Å². The van der Waals surface area contributed by atoms with Gasteiger partial charge >= 0.3 is 29.6 Å². The quantitative estimate of drug-likeness (QED) is 0.286. The van der Waals surface area contributed by atoms with Gasteiger partial charge in [-0.2, -0.15) is 0 Å². The second-order valence-electron chi connectivity index (χ2n) is 5.90. The Bertz CT molecular complexity index is 1080. The fraction of sp³-hybridized carbons (Fsp3) is 0.294. The summed E-state index contributed by atoms with van der Waals surface area (Å²) in [4.78, 5) is 24.8. The predicted molar refractivity (Wildman–Crippen MR) is 98.1 cm³/mol. The Labute approximate surface area is 178 Å². The average Bonchev–Trinajstić information content (AvgIpc) is 3.15. The normalized spacial score (nSPS) is 12.4. The Morgan fingerprint density at radius 1 is 1.48 bits per heavy atom. The standard InChI is InChI=1S/C17H21N7O2.Na/c1-5-24-11(17(25)26)7-10-14-13(20-8-23(14)4)15(22-16(10)24)21-12(18)6-9(2)19-3;/h6-8,19H,5H2,1-4H3,(H,25,26)(H2,18,21,22);/q;+1/p-1/b9-6-;. The molecule has 0 aromatic carbocycles. The molecule has 0 atom stereocenters. The van der Waals surface area contributed by atoms with Crippen molar-refractivity contribution in [3.63, 3.8) is 0 Å². The summed E-state index contributed by atoms with van der Waals surface area (Å²) in [5.41, 5.74) is 8.71. The van der Waals surface area contributed by atoms with Crippen molar-refractivity contribution in [1.82, 2.24) is 24.4 Å². The molecule has 0 amide bonds. The number of fused-ring (bicyclic) bond motifs is 3. The van der Waals surface area contributed by atoms with Crippen LogP contribution in [0.2, 0.25) is 0 Å². The zero-order chi connectivity index (χ0) is 19.0. The monoisotopic (exact) mass is 377 g/mol. The van der Waals surface area contributed by atoms with E-state index in [0.29, 0.717) is 28.9 Å². The number of allylic oxidation sites excluding steroid dienone is 1. The Hall–Kier alpha value is -2.36. The second kappa shape index (κ2) is 8.12. The number of carboxylic acid groups (broad SMARTS) is 1. The number of nitrogens with one attached hydrogen (secondary N) is 1. The molecule has 10 heteroatoms. The van der Waals surface area contributed by atoms with Crippen LogP contribution in [0.25, 0.3) is 22.1 Å². The molecule has 0 bridgehead atoms. The molecule has 0 aliphatic rings. The van der Waals surface area contributed by atoms with E-state index >= 15 is 0 Å². The topological polar surface area (TPSA) is 126 Å². The Kier molecular flexibility index (Phi) is 6.30. The van der Waals surface area contributed by atoms with E-state index in [2.05, 4.69) is 20.3 Å². The van der Waals surface area contributed by atoms with Crippen LogP contribution in [0.15, 0.2) is 29.2 Å². The van der Waals surface area contributed by atoms with Crippen molar-refractivity contribution in [2.45, 2.75) is 20.4 Å². The Morgan fingerprint density at radius 3 is 2.78 bits per heavy atom. The number of aryl methyl sites for hydroxylation is 2. The van der Waals surface area contributed by atoms with Crippen molar-refractivity contribution >= 4 is 39.7 Å². The Morgan fingerprint density at radius 2 is 2.19 bits per heavy atom. The number of pyridine rings is 1. The van der Waals surface area contributed by atoms with Gasteiger partial charge in [0.2, 0.25) is 0 Å². The summed E-state index contributed by atoms with van der Waals surface area (Å²) in [7, 11) is 3.62. The minimum atomic E-state index is -1.25. The van der Waals surface area contributed by atoms with Gasteiger partial charge in [0.15, 0.2) is 5.82 Å². The maximum absolute atomic E-state index is 11.5. The van der Waals surface area contributed by atoms with Crippen LogP contribution in [0.5, 0.6) is 0 Å². The third-order valence-electron chi connectivity index (χ3n) is 4.20. The summed E-state index contributed by atoms with van der Waals surface area (Å²) in [5.74, 6) is -0.647. The van der Waals surface area contributed by atoms with Crippen LogP contribution in [-0.4, -0.2) is 38.0 Å². The number of amidine groups is 1. The molecule has 0 spiro atoms. The van der Waals surface area contributed by atoms with Crippen LogP contribution in [-0.2, 0) is 13.6 Å². The number of carboxylic acids is 1. The van der Waals surface area contributed by atoms with E-state index < -0.39 is 5.97 Å². The van der Waals surface area contributed by atoms with Crippen LogP contribution in [0.4, 0.5) is 5.82 Å². The summed E-state index contributed by atoms with van der Waals surface area (Å²) in [6.45, 7) is 4.14. The van der Waals surface area contributed by atoms with Gasteiger partial charge in [-0.15, -0.1) is 0 Å². The molecule has 0 saturated heterocycles. The zero-order valence-corrected chi connectivity index (χ0v) is 18.1. The molecule has 0 unspecified atom stereocenters. The molecule has 3 aromatic rings. The number of aliphatic imine (C=N–C) groups is 1. The fourth-order valence-corrected chi connectivity index (χ4v) is 2.91. The van der Waals surface area contributed by atoms with Crippen LogP contribution in [0, 0.1) is 0 Å². The first-order chi connectivity index (χ1) is 12.4. The molecule has 9 nitrogen and oxygen atoms in total. The summed E-state index contributed by atoms with van der Waals surface area (Å²) in [6, 6.07) is 1.56. The first kappa shape index (κ1) is 20.9. The van der Waals surface area contributed by atoms with Crippen LogP contribution in [0.3, 0.4) is 0 Å². The van der Waals surface area contributed by atoms with Crippen LogP contribution >= 0.6 is 0 Å². The van der Waals surface area contributed by atoms with E-state index in [9.17, 15) is 9.90 Å². The fourth-order valence-electron chi connectivity index (χ4n) is 2.91. The number of rotatable bonds is 5. The van der Waals surface area contributed by atoms with Gasteiger partial charge in [-0.05, 0) is 26.0 Å². The number of nitrogens with zero attached hydrogens (tertiary/aromatic N) is 5. The minimum Gasteiger partial charge on any atom is -0.543 e. The number of aromatic nitrogens is 4. The van der Waals surface area contributed by atoms with Gasteiger partial charge in [0.25, 0.3) is 0 Å². The molecule has 3 rings (SSSR count). The Balaban J connectivity index is 0.00000261. The first-order valence-electron chi connectivity index (χ1n) is 8.13. The van der Waals surface area contributed by atoms with Gasteiger partial charge in [-0.25, -0.2) is 15.0 Å². The third-order valence-corrected chi connectivity index (χ3v) is 4.20. The van der Waals surface area contributed by atoms with E-state index in [4.69, 9.17) is 5.73 Å². The molecule has 3 aromatic heterocycles. The molecule has 3 heterocycles. The van der Waals surface area contributed by atoms with E-state index in [1.54, 1.807) is 30.1 Å². The van der Waals surface area contributed by atoms with Crippen molar-refractivity contribution in [3.8, 4) is 0 Å². The smallest absolute Gasteiger partial charge is 0.543 e. The largest absolute Gasteiger partial charge is 1.00 e. The van der Waals surface area contributed by atoms with Crippen LogP contribution < -0.4 is 45.7 Å². The maximum Gasteiger partial charge on any atom is 1.00 e. The number of nitrogens with two attached hydrogens (primary N) is 1. The van der Waals surface area contributed by atoms with Gasteiger partial charge in [-0.3, -0.25) is 0 Å². The number of imidazole rings is 1. The summed E-state index contributed by atoms with van der Waals surface area (Å²) >= 11 is 0. The number of hydrogen-bond donors (Lipinski definition) is 2. The summed E-state index contributed by atoms with van der Waals surface area (Å²) in [5, 5.41) is 15.1. The van der Waals surface area contributed by atoms with Crippen molar-refractivity contribution in [1.29, 1.82) is 0 Å². The van der Waals surface area contributed by atoms with E-state index in [1.165, 1.54) is 0 Å². The number of carbonyl (C=O) groups excluding carboxylic acids is 1. The number of aromatic carboxylic acids is 1. The van der Waals surface area contributed by atoms with Crippen molar-refractivity contribution in [2.24, 2.45) is 17.8 Å². The number of hydrogen-bond acceptors (Lipinski definition) is 6. The molecule has 27 heavy (non-hydrogen) atoms. The van der Waals surface area contributed by atoms with Gasteiger partial charge < -0.3 is 30.1 Å². The zero-order valence-electron chi connectivity index (χ0n) is 16.1. The molecule has 3 N–H and O–H groups in total. The molecule has 0 radical (unpaired) electrons. The van der Waals surface area contributed by atoms with Gasteiger partial charge in [-0.1, -0.05) is 0 Å².